The van der Waals surface area contributed by atoms with Gasteiger partial charge in [-0.1, -0.05) is 6.07 Å². The van der Waals surface area contributed by atoms with Crippen LogP contribution in [-0.2, 0) is 11.2 Å². The Morgan fingerprint density at radius 2 is 2.30 bits per heavy atom. The second-order valence-corrected chi connectivity index (χ2v) is 5.89. The number of nitrogens with one attached hydrogen (secondary N) is 2. The maximum atomic E-state index is 12.2. The molecule has 1 aromatic rings. The van der Waals surface area contributed by atoms with E-state index < -0.39 is 0 Å². The summed E-state index contributed by atoms with van der Waals surface area (Å²) < 4.78 is 0. The number of thioether (sulfide) groups is 1. The second kappa shape index (κ2) is 6.28. The van der Waals surface area contributed by atoms with Gasteiger partial charge in [-0.25, -0.2) is 0 Å². The van der Waals surface area contributed by atoms with Crippen molar-refractivity contribution in [3.05, 3.63) is 29.3 Å². The molecule has 0 spiro atoms. The number of anilines is 1. The zero-order valence-corrected chi connectivity index (χ0v) is 12.3. The van der Waals surface area contributed by atoms with Gasteiger partial charge < -0.3 is 15.7 Å². The first-order chi connectivity index (χ1) is 9.55. The molecule has 2 rings (SSSR count). The molecule has 1 aromatic carbocycles. The summed E-state index contributed by atoms with van der Waals surface area (Å²) in [6, 6.07) is 5.07. The summed E-state index contributed by atoms with van der Waals surface area (Å²) in [4.78, 5) is 23.4. The Kier molecular flexibility index (Phi) is 4.67. The minimum atomic E-state index is -0.200. The number of aliphatic hydroxyl groups excluding tert-OH is 1. The van der Waals surface area contributed by atoms with E-state index in [0.29, 0.717) is 17.7 Å². The molecule has 1 aliphatic rings. The number of benzene rings is 1. The van der Waals surface area contributed by atoms with E-state index in [1.165, 1.54) is 11.8 Å². The summed E-state index contributed by atoms with van der Waals surface area (Å²) in [5.74, 6) is -0.248. The van der Waals surface area contributed by atoms with Crippen molar-refractivity contribution in [2.75, 3.05) is 18.2 Å². The molecular formula is C14H18N2O3S. The maximum Gasteiger partial charge on any atom is 0.251 e. The largest absolute Gasteiger partial charge is 0.395 e. The van der Waals surface area contributed by atoms with Crippen LogP contribution in [-0.4, -0.2) is 41.1 Å². The van der Waals surface area contributed by atoms with Crippen LogP contribution in [0, 0.1) is 0 Å². The summed E-state index contributed by atoms with van der Waals surface area (Å²) in [5.41, 5.74) is 2.13. The third-order valence-corrected chi connectivity index (χ3v) is 4.56. The number of carbonyl (C=O) groups is 2. The highest BCUT2D eigenvalue weighted by atomic mass is 32.2. The zero-order chi connectivity index (χ0) is 14.7. The van der Waals surface area contributed by atoms with Crippen molar-refractivity contribution >= 4 is 29.3 Å². The van der Waals surface area contributed by atoms with Gasteiger partial charge in [-0.05, 0) is 30.9 Å². The lowest BCUT2D eigenvalue weighted by molar-refractivity contribution is -0.115. The quantitative estimate of drug-likeness (QED) is 0.758. The van der Waals surface area contributed by atoms with E-state index in [1.807, 2.05) is 13.2 Å². The molecule has 0 aliphatic carbocycles. The molecule has 0 saturated heterocycles. The van der Waals surface area contributed by atoms with Gasteiger partial charge >= 0.3 is 0 Å². The van der Waals surface area contributed by atoms with Gasteiger partial charge in [-0.15, -0.1) is 0 Å². The molecule has 2 unspecified atom stereocenters. The number of aliphatic hydroxyl groups is 1. The lowest BCUT2D eigenvalue weighted by atomic mass is 10.1. The van der Waals surface area contributed by atoms with E-state index in [4.69, 9.17) is 0 Å². The average Bonchev–Trinajstić information content (AvgIpc) is 2.78. The minimum Gasteiger partial charge on any atom is -0.395 e. The Balaban J connectivity index is 2.07. The first-order valence-corrected chi connectivity index (χ1v) is 7.71. The first kappa shape index (κ1) is 14.9. The molecule has 20 heavy (non-hydrogen) atoms. The number of hydrogen-bond donors (Lipinski definition) is 3. The summed E-state index contributed by atoms with van der Waals surface area (Å²) in [7, 11) is 0. The topological polar surface area (TPSA) is 78.4 Å². The maximum absolute atomic E-state index is 12.2. The van der Waals surface area contributed by atoms with Crippen LogP contribution < -0.4 is 10.6 Å². The van der Waals surface area contributed by atoms with E-state index >= 15 is 0 Å². The number of amides is 2. The summed E-state index contributed by atoms with van der Waals surface area (Å²) in [6.07, 6.45) is 2.27. The standard InChI is InChI=1S/C14H18N2O3S/c1-8(12(7-17)20-2)15-14(19)10-4-3-9-6-13(18)16-11(9)5-10/h3-5,8,12,17H,6-7H2,1-2H3,(H,15,19)(H,16,18). The van der Waals surface area contributed by atoms with Crippen molar-refractivity contribution in [2.24, 2.45) is 0 Å². The number of rotatable bonds is 5. The van der Waals surface area contributed by atoms with Crippen LogP contribution in [0.2, 0.25) is 0 Å². The Morgan fingerprint density at radius 1 is 1.55 bits per heavy atom. The van der Waals surface area contributed by atoms with Crippen LogP contribution >= 0.6 is 11.8 Å². The van der Waals surface area contributed by atoms with Gasteiger partial charge in [-0.2, -0.15) is 11.8 Å². The molecule has 2 amide bonds. The average molecular weight is 294 g/mol. The SMILES string of the molecule is CSC(CO)C(C)NC(=O)c1ccc2c(c1)NC(=O)C2. The summed E-state index contributed by atoms with van der Waals surface area (Å²) in [6.45, 7) is 1.88. The molecule has 0 saturated carbocycles. The monoisotopic (exact) mass is 294 g/mol. The van der Waals surface area contributed by atoms with E-state index in [-0.39, 0.29) is 29.7 Å². The fraction of sp³-hybridized carbons (Fsp3) is 0.429. The molecule has 2 atom stereocenters. The Labute approximate surface area is 122 Å². The Bertz CT molecular complexity index is 529. The van der Waals surface area contributed by atoms with Crippen molar-refractivity contribution in [3.63, 3.8) is 0 Å². The highest BCUT2D eigenvalue weighted by Gasteiger charge is 2.21. The van der Waals surface area contributed by atoms with Crippen LogP contribution in [0.25, 0.3) is 0 Å². The predicted octanol–water partition coefficient (Wildman–Crippen LogP) is 1.02. The molecule has 0 radical (unpaired) electrons. The van der Waals surface area contributed by atoms with E-state index in [2.05, 4.69) is 10.6 Å². The van der Waals surface area contributed by atoms with Gasteiger partial charge in [0.25, 0.3) is 5.91 Å². The lowest BCUT2D eigenvalue weighted by Gasteiger charge is -2.21. The highest BCUT2D eigenvalue weighted by Crippen LogP contribution is 2.24. The molecule has 1 aliphatic heterocycles. The van der Waals surface area contributed by atoms with Crippen LogP contribution in [0.1, 0.15) is 22.8 Å². The summed E-state index contributed by atoms with van der Waals surface area (Å²) in [5, 5.41) is 14.8. The smallest absolute Gasteiger partial charge is 0.251 e. The van der Waals surface area contributed by atoms with E-state index in [9.17, 15) is 14.7 Å². The molecule has 0 fully saturated rings. The van der Waals surface area contributed by atoms with Crippen LogP contribution in [0.3, 0.4) is 0 Å². The molecule has 3 N–H and O–H groups in total. The van der Waals surface area contributed by atoms with Crippen LogP contribution in [0.5, 0.6) is 0 Å². The molecular weight excluding hydrogens is 276 g/mol. The van der Waals surface area contributed by atoms with Gasteiger partial charge in [0.1, 0.15) is 0 Å². The number of fused-ring (bicyclic) bond motifs is 1. The fourth-order valence-electron chi connectivity index (χ4n) is 2.18. The second-order valence-electron chi connectivity index (χ2n) is 4.82. The molecule has 6 heteroatoms. The predicted molar refractivity (Wildman–Crippen MR) is 80.1 cm³/mol. The van der Waals surface area contributed by atoms with Gasteiger partial charge in [-0.3, -0.25) is 9.59 Å². The van der Waals surface area contributed by atoms with Crippen molar-refractivity contribution < 1.29 is 14.7 Å². The van der Waals surface area contributed by atoms with Crippen LogP contribution in [0.4, 0.5) is 5.69 Å². The lowest BCUT2D eigenvalue weighted by Crippen LogP contribution is -2.41. The minimum absolute atomic E-state index is 0.0167. The van der Waals surface area contributed by atoms with E-state index in [1.54, 1.807) is 18.2 Å². The summed E-state index contributed by atoms with van der Waals surface area (Å²) >= 11 is 1.51. The van der Waals surface area contributed by atoms with Crippen molar-refractivity contribution in [1.82, 2.24) is 5.32 Å². The van der Waals surface area contributed by atoms with Gasteiger partial charge in [0.15, 0.2) is 0 Å². The molecule has 108 valence electrons. The van der Waals surface area contributed by atoms with Crippen LogP contribution in [0.15, 0.2) is 18.2 Å². The van der Waals surface area contributed by atoms with Crippen molar-refractivity contribution in [2.45, 2.75) is 24.6 Å². The molecule has 0 aromatic heterocycles. The van der Waals surface area contributed by atoms with Crippen molar-refractivity contribution in [1.29, 1.82) is 0 Å². The van der Waals surface area contributed by atoms with Gasteiger partial charge in [0, 0.05) is 22.5 Å². The van der Waals surface area contributed by atoms with Gasteiger partial charge in [0.05, 0.1) is 13.0 Å². The number of carbonyl (C=O) groups excluding carboxylic acids is 2. The third-order valence-electron chi connectivity index (χ3n) is 3.40. The Hall–Kier alpha value is -1.53. The normalized spacial score (nSPS) is 16.2. The molecule has 0 bridgehead atoms. The fourth-order valence-corrected chi connectivity index (χ4v) is 2.80. The van der Waals surface area contributed by atoms with E-state index in [0.717, 1.165) is 5.56 Å². The van der Waals surface area contributed by atoms with Gasteiger partial charge in [0.2, 0.25) is 5.91 Å². The third kappa shape index (κ3) is 3.13. The number of hydrogen-bond acceptors (Lipinski definition) is 4. The molecule has 5 nitrogen and oxygen atoms in total. The Morgan fingerprint density at radius 3 is 2.95 bits per heavy atom. The van der Waals surface area contributed by atoms with Crippen molar-refractivity contribution in [3.8, 4) is 0 Å². The highest BCUT2D eigenvalue weighted by molar-refractivity contribution is 7.99. The zero-order valence-electron chi connectivity index (χ0n) is 11.5. The first-order valence-electron chi connectivity index (χ1n) is 6.42. The molecule has 1 heterocycles.